The van der Waals surface area contributed by atoms with E-state index in [1.165, 1.54) is 0 Å². The highest BCUT2D eigenvalue weighted by atomic mass is 35.5. The third-order valence-corrected chi connectivity index (χ3v) is 2.58. The Morgan fingerprint density at radius 3 is 2.94 bits per heavy atom. The molecule has 1 rings (SSSR count). The summed E-state index contributed by atoms with van der Waals surface area (Å²) in [6.45, 7) is 6.29. The molecule has 16 heavy (non-hydrogen) atoms. The van der Waals surface area contributed by atoms with E-state index in [4.69, 9.17) is 16.3 Å². The largest absolute Gasteiger partial charge is 0.491 e. The molecular formula is C13H20ClNO. The molecule has 0 aliphatic carbocycles. The van der Waals surface area contributed by atoms with Crippen molar-refractivity contribution in [1.82, 2.24) is 5.32 Å². The summed E-state index contributed by atoms with van der Waals surface area (Å²) in [5, 5.41) is 4.02. The van der Waals surface area contributed by atoms with Gasteiger partial charge in [0.15, 0.2) is 0 Å². The lowest BCUT2D eigenvalue weighted by Gasteiger charge is -2.14. The summed E-state index contributed by atoms with van der Waals surface area (Å²) >= 11 is 5.88. The van der Waals surface area contributed by atoms with Gasteiger partial charge in [-0.25, -0.2) is 0 Å². The maximum Gasteiger partial charge on any atom is 0.121 e. The van der Waals surface area contributed by atoms with Gasteiger partial charge in [0.25, 0.3) is 0 Å². The summed E-state index contributed by atoms with van der Waals surface area (Å²) < 4.78 is 5.76. The van der Waals surface area contributed by atoms with Gasteiger partial charge in [-0.05, 0) is 51.1 Å². The normalized spacial score (nSPS) is 12.4. The van der Waals surface area contributed by atoms with E-state index in [9.17, 15) is 0 Å². The number of hydrogen-bond acceptors (Lipinski definition) is 2. The lowest BCUT2D eigenvalue weighted by Crippen LogP contribution is -2.18. The van der Waals surface area contributed by atoms with Gasteiger partial charge in [-0.2, -0.15) is 0 Å². The zero-order chi connectivity index (χ0) is 11.8. The molecule has 0 aliphatic rings. The van der Waals surface area contributed by atoms with E-state index in [1.54, 1.807) is 0 Å². The van der Waals surface area contributed by atoms with Crippen molar-refractivity contribution in [3.63, 3.8) is 0 Å². The number of benzene rings is 1. The topological polar surface area (TPSA) is 21.3 Å². The molecule has 1 unspecified atom stereocenters. The van der Waals surface area contributed by atoms with Crippen LogP contribution in [0.3, 0.4) is 0 Å². The maximum atomic E-state index is 5.88. The quantitative estimate of drug-likeness (QED) is 0.738. The van der Waals surface area contributed by atoms with E-state index in [-0.39, 0.29) is 6.10 Å². The third-order valence-electron chi connectivity index (χ3n) is 2.35. The van der Waals surface area contributed by atoms with E-state index in [1.807, 2.05) is 24.3 Å². The van der Waals surface area contributed by atoms with Gasteiger partial charge in [-0.1, -0.05) is 24.6 Å². The molecule has 0 fully saturated rings. The highest BCUT2D eigenvalue weighted by molar-refractivity contribution is 6.30. The molecule has 0 aliphatic heterocycles. The number of hydrogen-bond donors (Lipinski definition) is 1. The van der Waals surface area contributed by atoms with Crippen LogP contribution >= 0.6 is 11.6 Å². The van der Waals surface area contributed by atoms with Crippen molar-refractivity contribution in [3.05, 3.63) is 29.3 Å². The summed E-state index contributed by atoms with van der Waals surface area (Å²) in [5.41, 5.74) is 0. The fourth-order valence-corrected chi connectivity index (χ4v) is 1.70. The summed E-state index contributed by atoms with van der Waals surface area (Å²) in [7, 11) is 0. The van der Waals surface area contributed by atoms with E-state index in [0.29, 0.717) is 0 Å². The van der Waals surface area contributed by atoms with Crippen LogP contribution in [0.5, 0.6) is 5.75 Å². The Labute approximate surface area is 103 Å². The van der Waals surface area contributed by atoms with Gasteiger partial charge in [-0.15, -0.1) is 0 Å². The molecule has 0 bridgehead atoms. The highest BCUT2D eigenvalue weighted by Crippen LogP contribution is 2.19. The molecule has 2 nitrogen and oxygen atoms in total. The first kappa shape index (κ1) is 13.3. The zero-order valence-corrected chi connectivity index (χ0v) is 10.8. The van der Waals surface area contributed by atoms with Crippen molar-refractivity contribution in [1.29, 1.82) is 0 Å². The minimum absolute atomic E-state index is 0.233. The lowest BCUT2D eigenvalue weighted by molar-refractivity contribution is 0.207. The predicted molar refractivity (Wildman–Crippen MR) is 69.3 cm³/mol. The van der Waals surface area contributed by atoms with Crippen LogP contribution in [0.4, 0.5) is 0 Å². The maximum absolute atomic E-state index is 5.88. The molecular weight excluding hydrogens is 222 g/mol. The van der Waals surface area contributed by atoms with Gasteiger partial charge in [0.1, 0.15) is 5.75 Å². The Morgan fingerprint density at radius 1 is 1.44 bits per heavy atom. The molecule has 1 aromatic rings. The first-order valence-electron chi connectivity index (χ1n) is 5.85. The average molecular weight is 242 g/mol. The lowest BCUT2D eigenvalue weighted by atomic mass is 10.2. The molecule has 1 N–H and O–H groups in total. The van der Waals surface area contributed by atoms with Crippen molar-refractivity contribution in [2.24, 2.45) is 0 Å². The molecule has 3 heteroatoms. The molecule has 0 aromatic heterocycles. The van der Waals surface area contributed by atoms with Crippen LogP contribution in [0.15, 0.2) is 24.3 Å². The second kappa shape index (κ2) is 7.53. The smallest absolute Gasteiger partial charge is 0.121 e. The minimum Gasteiger partial charge on any atom is -0.491 e. The summed E-state index contributed by atoms with van der Waals surface area (Å²) in [6.07, 6.45) is 2.42. The summed E-state index contributed by atoms with van der Waals surface area (Å²) in [4.78, 5) is 0. The van der Waals surface area contributed by atoms with Crippen LogP contribution in [0.2, 0.25) is 5.02 Å². The Kier molecular flexibility index (Phi) is 6.27. The SMILES string of the molecule is CCNCCCC(C)Oc1cccc(Cl)c1. The van der Waals surface area contributed by atoms with Crippen molar-refractivity contribution < 1.29 is 4.74 Å². The van der Waals surface area contributed by atoms with Crippen LogP contribution in [0.1, 0.15) is 26.7 Å². The monoisotopic (exact) mass is 241 g/mol. The van der Waals surface area contributed by atoms with E-state index in [2.05, 4.69) is 19.2 Å². The number of halogens is 1. The first-order valence-corrected chi connectivity index (χ1v) is 6.23. The van der Waals surface area contributed by atoms with Crippen LogP contribution in [0.25, 0.3) is 0 Å². The minimum atomic E-state index is 0.233. The summed E-state index contributed by atoms with van der Waals surface area (Å²) in [6, 6.07) is 7.54. The van der Waals surface area contributed by atoms with Crippen LogP contribution in [-0.2, 0) is 0 Å². The van der Waals surface area contributed by atoms with E-state index < -0.39 is 0 Å². The van der Waals surface area contributed by atoms with Crippen molar-refractivity contribution in [2.75, 3.05) is 13.1 Å². The molecule has 90 valence electrons. The third kappa shape index (κ3) is 5.38. The Morgan fingerprint density at radius 2 is 2.25 bits per heavy atom. The average Bonchev–Trinajstić information content (AvgIpc) is 2.24. The first-order chi connectivity index (χ1) is 7.72. The van der Waals surface area contributed by atoms with Crippen molar-refractivity contribution in [3.8, 4) is 5.75 Å². The number of ether oxygens (including phenoxy) is 1. The predicted octanol–water partition coefficient (Wildman–Crippen LogP) is 3.50. The van der Waals surface area contributed by atoms with E-state index >= 15 is 0 Å². The molecule has 0 radical (unpaired) electrons. The van der Waals surface area contributed by atoms with Gasteiger partial charge in [0, 0.05) is 5.02 Å². The van der Waals surface area contributed by atoms with Crippen molar-refractivity contribution in [2.45, 2.75) is 32.8 Å². The van der Waals surface area contributed by atoms with Crippen LogP contribution in [-0.4, -0.2) is 19.2 Å². The molecule has 0 heterocycles. The van der Waals surface area contributed by atoms with E-state index in [0.717, 1.165) is 36.7 Å². The molecule has 0 saturated carbocycles. The molecule has 1 aromatic carbocycles. The number of rotatable bonds is 7. The Balaban J connectivity index is 2.25. The second-order valence-electron chi connectivity index (χ2n) is 3.88. The Bertz CT molecular complexity index is 304. The number of nitrogens with one attached hydrogen (secondary N) is 1. The fourth-order valence-electron chi connectivity index (χ4n) is 1.52. The van der Waals surface area contributed by atoms with Gasteiger partial charge < -0.3 is 10.1 Å². The van der Waals surface area contributed by atoms with Gasteiger partial charge >= 0.3 is 0 Å². The van der Waals surface area contributed by atoms with Crippen LogP contribution < -0.4 is 10.1 Å². The van der Waals surface area contributed by atoms with Crippen molar-refractivity contribution >= 4 is 11.6 Å². The standard InChI is InChI=1S/C13H20ClNO/c1-3-15-9-5-6-11(2)16-13-8-4-7-12(14)10-13/h4,7-8,10-11,15H,3,5-6,9H2,1-2H3. The Hall–Kier alpha value is -0.730. The molecule has 1 atom stereocenters. The van der Waals surface area contributed by atoms with Gasteiger partial charge in [-0.3, -0.25) is 0 Å². The molecule has 0 spiro atoms. The molecule has 0 saturated heterocycles. The zero-order valence-electron chi connectivity index (χ0n) is 10.0. The fraction of sp³-hybridized carbons (Fsp3) is 0.538. The summed E-state index contributed by atoms with van der Waals surface area (Å²) in [5.74, 6) is 0.850. The van der Waals surface area contributed by atoms with Gasteiger partial charge in [0.05, 0.1) is 6.10 Å². The molecule has 0 amide bonds. The van der Waals surface area contributed by atoms with Gasteiger partial charge in [0.2, 0.25) is 0 Å². The van der Waals surface area contributed by atoms with Crippen LogP contribution in [0, 0.1) is 0 Å². The highest BCUT2D eigenvalue weighted by Gasteiger charge is 2.03. The second-order valence-corrected chi connectivity index (χ2v) is 4.32.